The second kappa shape index (κ2) is 13.2. The molecule has 0 aliphatic carbocycles. The number of halogens is 3. The van der Waals surface area contributed by atoms with Crippen LogP contribution in [-0.2, 0) is 11.3 Å². The van der Waals surface area contributed by atoms with Crippen molar-refractivity contribution in [2.45, 2.75) is 39.5 Å². The molecule has 250 valence electrons. The lowest BCUT2D eigenvalue weighted by Crippen LogP contribution is -2.54. The van der Waals surface area contributed by atoms with Crippen LogP contribution >= 0.6 is 0 Å². The van der Waals surface area contributed by atoms with Crippen molar-refractivity contribution >= 4 is 34.2 Å². The van der Waals surface area contributed by atoms with Crippen LogP contribution in [0.2, 0.25) is 0 Å². The fourth-order valence-corrected chi connectivity index (χ4v) is 6.66. The molecular formula is C36H37F3N6O3. The Kier molecular flexibility index (Phi) is 9.07. The van der Waals surface area contributed by atoms with E-state index in [1.807, 2.05) is 42.0 Å². The van der Waals surface area contributed by atoms with Crippen LogP contribution in [0.3, 0.4) is 0 Å². The summed E-state index contributed by atoms with van der Waals surface area (Å²) in [6.07, 6.45) is -3.22. The molecule has 0 saturated carbocycles. The summed E-state index contributed by atoms with van der Waals surface area (Å²) in [5.74, 6) is -2.60. The second-order valence-corrected chi connectivity index (χ2v) is 12.6. The third-order valence-corrected chi connectivity index (χ3v) is 9.33. The minimum atomic E-state index is -5.16. The Morgan fingerprint density at radius 2 is 1.69 bits per heavy atom. The third-order valence-electron chi connectivity index (χ3n) is 9.33. The van der Waals surface area contributed by atoms with E-state index in [4.69, 9.17) is 0 Å². The van der Waals surface area contributed by atoms with Crippen LogP contribution in [0, 0.1) is 25.2 Å². The lowest BCUT2D eigenvalue weighted by molar-refractivity contribution is -0.189. The molecule has 2 aliphatic heterocycles. The first-order valence-electron chi connectivity index (χ1n) is 15.9. The van der Waals surface area contributed by atoms with Crippen molar-refractivity contribution in [3.8, 4) is 11.8 Å². The molecule has 6 rings (SSSR count). The van der Waals surface area contributed by atoms with Crippen molar-refractivity contribution in [2.24, 2.45) is 0 Å². The molecule has 0 spiro atoms. The summed E-state index contributed by atoms with van der Waals surface area (Å²) < 4.78 is 43.5. The van der Waals surface area contributed by atoms with E-state index in [9.17, 15) is 28.0 Å². The Labute approximate surface area is 277 Å². The molecule has 0 radical (unpaired) electrons. The predicted octanol–water partition coefficient (Wildman–Crippen LogP) is 5.80. The number of nitriles is 1. The first-order valence-corrected chi connectivity index (χ1v) is 15.9. The van der Waals surface area contributed by atoms with Gasteiger partial charge in [0.1, 0.15) is 0 Å². The Hall–Kier alpha value is -5.02. The van der Waals surface area contributed by atoms with Crippen molar-refractivity contribution in [1.29, 1.82) is 5.26 Å². The van der Waals surface area contributed by atoms with Crippen LogP contribution in [0.5, 0.6) is 5.75 Å². The number of anilines is 2. The second-order valence-electron chi connectivity index (χ2n) is 12.6. The highest BCUT2D eigenvalue weighted by atomic mass is 19.4. The van der Waals surface area contributed by atoms with E-state index < -0.39 is 12.1 Å². The molecular weight excluding hydrogens is 621 g/mol. The minimum Gasteiger partial charge on any atom is -0.418 e. The number of aromatic amines is 1. The molecule has 1 amide bonds. The van der Waals surface area contributed by atoms with Gasteiger partial charge < -0.3 is 24.4 Å². The Balaban J connectivity index is 1.11. The summed E-state index contributed by atoms with van der Waals surface area (Å²) in [6, 6.07) is 18.6. The monoisotopic (exact) mass is 658 g/mol. The Morgan fingerprint density at radius 1 is 0.938 bits per heavy atom. The summed E-state index contributed by atoms with van der Waals surface area (Å²) >= 11 is 0. The molecule has 4 aromatic rings. The van der Waals surface area contributed by atoms with Gasteiger partial charge in [0.05, 0.1) is 17.3 Å². The number of alkyl halides is 3. The van der Waals surface area contributed by atoms with E-state index in [2.05, 4.69) is 56.8 Å². The molecule has 9 nitrogen and oxygen atoms in total. The SMILES string of the molecule is Cc1cc(C)c(C(=O)N2CCN(c3ccc4[nH]ccc4c3)CC2C)cc1CN1CCN(c2ccc(C#N)cc2OC(=O)C(F)(F)F)CC1. The fraction of sp³-hybridized carbons (Fsp3) is 0.361. The number of aromatic nitrogens is 1. The van der Waals surface area contributed by atoms with Crippen molar-refractivity contribution in [2.75, 3.05) is 55.6 Å². The van der Waals surface area contributed by atoms with E-state index in [-0.39, 0.29) is 23.3 Å². The molecule has 1 aromatic heterocycles. The quantitative estimate of drug-likeness (QED) is 0.207. The summed E-state index contributed by atoms with van der Waals surface area (Å²) in [4.78, 5) is 37.1. The van der Waals surface area contributed by atoms with Crippen molar-refractivity contribution in [3.63, 3.8) is 0 Å². The van der Waals surface area contributed by atoms with Crippen LogP contribution in [0.1, 0.15) is 39.5 Å². The fourth-order valence-electron chi connectivity index (χ4n) is 6.66. The molecule has 48 heavy (non-hydrogen) atoms. The molecule has 1 atom stereocenters. The maximum Gasteiger partial charge on any atom is 0.491 e. The van der Waals surface area contributed by atoms with Gasteiger partial charge >= 0.3 is 12.1 Å². The zero-order valence-electron chi connectivity index (χ0n) is 27.1. The van der Waals surface area contributed by atoms with E-state index in [1.54, 1.807) is 0 Å². The van der Waals surface area contributed by atoms with E-state index >= 15 is 0 Å². The summed E-state index contributed by atoms with van der Waals surface area (Å²) in [6.45, 7) is 10.9. The van der Waals surface area contributed by atoms with Gasteiger partial charge in [0.15, 0.2) is 5.75 Å². The van der Waals surface area contributed by atoms with Gasteiger partial charge in [-0.3, -0.25) is 9.69 Å². The number of H-pyrrole nitrogens is 1. The smallest absolute Gasteiger partial charge is 0.418 e. The average molecular weight is 659 g/mol. The van der Waals surface area contributed by atoms with Crippen molar-refractivity contribution < 1.29 is 27.5 Å². The summed E-state index contributed by atoms with van der Waals surface area (Å²) in [5.41, 5.74) is 6.41. The van der Waals surface area contributed by atoms with Crippen LogP contribution in [0.25, 0.3) is 10.9 Å². The number of nitrogens with zero attached hydrogens (tertiary/aromatic N) is 5. The van der Waals surface area contributed by atoms with Crippen molar-refractivity contribution in [3.05, 3.63) is 88.6 Å². The molecule has 3 aromatic carbocycles. The molecule has 0 bridgehead atoms. The predicted molar refractivity (Wildman–Crippen MR) is 177 cm³/mol. The highest BCUT2D eigenvalue weighted by Crippen LogP contribution is 2.33. The number of fused-ring (bicyclic) bond motifs is 1. The number of carbonyl (C=O) groups is 2. The normalized spacial score (nSPS) is 17.4. The molecule has 3 heterocycles. The number of esters is 1. The number of carbonyl (C=O) groups excluding carboxylic acids is 2. The Morgan fingerprint density at radius 3 is 2.40 bits per heavy atom. The van der Waals surface area contributed by atoms with Crippen LogP contribution < -0.4 is 14.5 Å². The average Bonchev–Trinajstić information content (AvgIpc) is 3.54. The lowest BCUT2D eigenvalue weighted by Gasteiger charge is -2.41. The van der Waals surface area contributed by atoms with Gasteiger partial charge in [-0.05, 0) is 79.9 Å². The van der Waals surface area contributed by atoms with Crippen LogP contribution in [0.4, 0.5) is 24.5 Å². The number of benzene rings is 3. The standard InChI is InChI=1S/C36H37F3N6O3/c1-23-16-24(2)30(34(46)45-15-14-44(21-25(45)3)29-5-6-31-27(18-29)8-9-41-31)19-28(23)22-42-10-12-43(13-11-42)32-7-4-26(20-40)17-33(32)48-35(47)36(37,38)39/h4-9,16-19,25,41H,10-15,21-22H2,1-3H3. The molecule has 2 saturated heterocycles. The van der Waals surface area contributed by atoms with Gasteiger partial charge in [-0.2, -0.15) is 18.4 Å². The largest absolute Gasteiger partial charge is 0.491 e. The molecule has 2 fully saturated rings. The van der Waals surface area contributed by atoms with Gasteiger partial charge in [0.25, 0.3) is 5.91 Å². The topological polar surface area (TPSA) is 95.9 Å². The number of ether oxygens (including phenoxy) is 1. The third kappa shape index (κ3) is 6.82. The highest BCUT2D eigenvalue weighted by Gasteiger charge is 2.42. The van der Waals surface area contributed by atoms with Gasteiger partial charge in [-0.15, -0.1) is 0 Å². The number of rotatable bonds is 6. The zero-order valence-corrected chi connectivity index (χ0v) is 27.1. The van der Waals surface area contributed by atoms with Crippen LogP contribution in [0.15, 0.2) is 60.8 Å². The minimum absolute atomic E-state index is 0.0212. The molecule has 2 aliphatic rings. The van der Waals surface area contributed by atoms with Gasteiger partial charge in [0.2, 0.25) is 0 Å². The van der Waals surface area contributed by atoms with E-state index in [0.29, 0.717) is 50.5 Å². The van der Waals surface area contributed by atoms with Gasteiger partial charge in [-0.25, -0.2) is 4.79 Å². The summed E-state index contributed by atoms with van der Waals surface area (Å²) in [5, 5.41) is 10.4. The van der Waals surface area contributed by atoms with Crippen LogP contribution in [-0.4, -0.2) is 84.7 Å². The highest BCUT2D eigenvalue weighted by molar-refractivity contribution is 5.96. The summed E-state index contributed by atoms with van der Waals surface area (Å²) in [7, 11) is 0. The maximum atomic E-state index is 13.9. The zero-order chi connectivity index (χ0) is 34.2. The lowest BCUT2D eigenvalue weighted by atomic mass is 9.97. The maximum absolute atomic E-state index is 13.9. The first kappa shape index (κ1) is 32.9. The number of hydrogen-bond donors (Lipinski definition) is 1. The first-order chi connectivity index (χ1) is 22.9. The van der Waals surface area contributed by atoms with Crippen molar-refractivity contribution in [1.82, 2.24) is 14.8 Å². The number of nitrogens with one attached hydrogen (secondary N) is 1. The molecule has 1 N–H and O–H groups in total. The molecule has 12 heteroatoms. The van der Waals surface area contributed by atoms with E-state index in [1.165, 1.54) is 12.1 Å². The Bertz CT molecular complexity index is 1890. The number of hydrogen-bond acceptors (Lipinski definition) is 7. The van der Waals surface area contributed by atoms with E-state index in [0.717, 1.165) is 52.4 Å². The molecule has 1 unspecified atom stereocenters. The van der Waals surface area contributed by atoms with Gasteiger partial charge in [0, 0.05) is 92.8 Å². The number of aryl methyl sites for hydroxylation is 2. The number of amides is 1. The number of piperazine rings is 2. The van der Waals surface area contributed by atoms with Gasteiger partial charge in [-0.1, -0.05) is 6.07 Å².